The molecule has 26 heavy (non-hydrogen) atoms. The van der Waals surface area contributed by atoms with Crippen molar-refractivity contribution in [1.29, 1.82) is 5.26 Å². The van der Waals surface area contributed by atoms with Gasteiger partial charge in [0.05, 0.1) is 24.6 Å². The number of hydrogen-bond acceptors (Lipinski definition) is 6. The predicted molar refractivity (Wildman–Crippen MR) is 98.2 cm³/mol. The van der Waals surface area contributed by atoms with Gasteiger partial charge in [-0.05, 0) is 36.6 Å². The molecule has 0 atom stereocenters. The van der Waals surface area contributed by atoms with Crippen LogP contribution in [-0.4, -0.2) is 36.5 Å². The Morgan fingerprint density at radius 2 is 2.00 bits per heavy atom. The van der Waals surface area contributed by atoms with Gasteiger partial charge in [-0.15, -0.1) is 5.10 Å². The van der Waals surface area contributed by atoms with E-state index in [2.05, 4.69) is 21.6 Å². The highest BCUT2D eigenvalue weighted by atomic mass is 19.1. The Morgan fingerprint density at radius 1 is 1.23 bits per heavy atom. The number of benzene rings is 1. The van der Waals surface area contributed by atoms with Crippen LogP contribution in [0.2, 0.25) is 0 Å². The summed E-state index contributed by atoms with van der Waals surface area (Å²) in [6, 6.07) is 7.16. The van der Waals surface area contributed by atoms with E-state index >= 15 is 0 Å². The number of halogens is 1. The van der Waals surface area contributed by atoms with Crippen molar-refractivity contribution in [3.63, 3.8) is 0 Å². The maximum atomic E-state index is 14.6. The zero-order valence-electron chi connectivity index (χ0n) is 15.0. The van der Waals surface area contributed by atoms with Crippen LogP contribution >= 0.6 is 0 Å². The summed E-state index contributed by atoms with van der Waals surface area (Å²) in [6.45, 7) is 6.52. The van der Waals surface area contributed by atoms with E-state index in [1.54, 1.807) is 12.1 Å². The van der Waals surface area contributed by atoms with Crippen LogP contribution in [0.3, 0.4) is 0 Å². The van der Waals surface area contributed by atoms with Crippen molar-refractivity contribution in [2.24, 2.45) is 0 Å². The number of morpholine rings is 1. The van der Waals surface area contributed by atoms with Crippen LogP contribution in [0.1, 0.15) is 30.7 Å². The van der Waals surface area contributed by atoms with Crippen molar-refractivity contribution in [2.45, 2.75) is 26.7 Å². The number of aromatic nitrogens is 2. The molecule has 2 heterocycles. The summed E-state index contributed by atoms with van der Waals surface area (Å²) in [7, 11) is 0. The van der Waals surface area contributed by atoms with Gasteiger partial charge < -0.3 is 15.0 Å². The molecule has 1 aromatic carbocycles. The third-order valence-corrected chi connectivity index (χ3v) is 4.52. The molecule has 0 radical (unpaired) electrons. The smallest absolute Gasteiger partial charge is 0.171 e. The Bertz CT molecular complexity index is 827. The molecule has 1 N–H and O–H groups in total. The molecule has 1 aliphatic heterocycles. The third kappa shape index (κ3) is 3.60. The van der Waals surface area contributed by atoms with Gasteiger partial charge in [0.1, 0.15) is 17.4 Å². The van der Waals surface area contributed by atoms with Crippen LogP contribution < -0.4 is 10.2 Å². The average molecular weight is 355 g/mol. The van der Waals surface area contributed by atoms with Crippen LogP contribution in [0, 0.1) is 17.1 Å². The third-order valence-electron chi connectivity index (χ3n) is 4.52. The summed E-state index contributed by atoms with van der Waals surface area (Å²) in [6.07, 6.45) is 1.41. The second-order valence-electron chi connectivity index (χ2n) is 6.06. The number of anilines is 3. The molecule has 0 bridgehead atoms. The van der Waals surface area contributed by atoms with Gasteiger partial charge in [0.25, 0.3) is 0 Å². The largest absolute Gasteiger partial charge is 0.378 e. The lowest BCUT2D eigenvalue weighted by atomic mass is 10.0. The molecule has 6 nitrogen and oxygen atoms in total. The maximum Gasteiger partial charge on any atom is 0.171 e. The minimum Gasteiger partial charge on any atom is -0.378 e. The minimum absolute atomic E-state index is 0.315. The summed E-state index contributed by atoms with van der Waals surface area (Å²) in [4.78, 5) is 1.97. The molecular weight excluding hydrogens is 333 g/mol. The van der Waals surface area contributed by atoms with Crippen molar-refractivity contribution in [1.82, 2.24) is 10.2 Å². The number of rotatable bonds is 5. The van der Waals surface area contributed by atoms with Gasteiger partial charge in [-0.2, -0.15) is 10.4 Å². The molecule has 0 spiro atoms. The van der Waals surface area contributed by atoms with E-state index in [1.165, 1.54) is 6.07 Å². The Morgan fingerprint density at radius 3 is 2.62 bits per heavy atom. The lowest BCUT2D eigenvalue weighted by Gasteiger charge is -2.29. The Hall–Kier alpha value is -2.72. The van der Waals surface area contributed by atoms with Gasteiger partial charge in [-0.25, -0.2) is 4.39 Å². The number of aryl methyl sites for hydroxylation is 1. The van der Waals surface area contributed by atoms with E-state index in [0.717, 1.165) is 11.3 Å². The number of nitriles is 1. The molecular formula is C19H22FN5O. The lowest BCUT2D eigenvalue weighted by Crippen LogP contribution is -2.36. The molecule has 2 aromatic rings. The molecule has 3 rings (SSSR count). The predicted octanol–water partition coefficient (Wildman–Crippen LogP) is 3.19. The summed E-state index contributed by atoms with van der Waals surface area (Å²) in [5, 5.41) is 20.9. The van der Waals surface area contributed by atoms with Crippen LogP contribution in [0.15, 0.2) is 18.2 Å². The Balaban J connectivity index is 1.87. The van der Waals surface area contributed by atoms with Gasteiger partial charge in [-0.3, -0.25) is 0 Å². The van der Waals surface area contributed by atoms with Crippen molar-refractivity contribution in [3.05, 3.63) is 40.8 Å². The highest BCUT2D eigenvalue weighted by molar-refractivity contribution is 5.67. The second kappa shape index (κ2) is 8.11. The monoisotopic (exact) mass is 355 g/mol. The number of hydrogen-bond donors (Lipinski definition) is 1. The van der Waals surface area contributed by atoms with Crippen LogP contribution in [-0.2, 0) is 17.6 Å². The normalized spacial score (nSPS) is 14.2. The first-order valence-electron chi connectivity index (χ1n) is 8.85. The molecule has 1 aromatic heterocycles. The molecule has 0 aliphatic carbocycles. The van der Waals surface area contributed by atoms with Crippen molar-refractivity contribution in [2.75, 3.05) is 36.5 Å². The minimum atomic E-state index is -0.315. The summed E-state index contributed by atoms with van der Waals surface area (Å²) >= 11 is 0. The van der Waals surface area contributed by atoms with Gasteiger partial charge in [-0.1, -0.05) is 13.8 Å². The Labute approximate surface area is 152 Å². The molecule has 7 heteroatoms. The van der Waals surface area contributed by atoms with Crippen LogP contribution in [0.25, 0.3) is 0 Å². The van der Waals surface area contributed by atoms with E-state index in [9.17, 15) is 9.65 Å². The van der Waals surface area contributed by atoms with Crippen LogP contribution in [0.5, 0.6) is 0 Å². The molecule has 1 aliphatic rings. The fraction of sp³-hybridized carbons (Fsp3) is 0.421. The first-order valence-corrected chi connectivity index (χ1v) is 8.85. The van der Waals surface area contributed by atoms with E-state index < -0.39 is 0 Å². The number of nitrogens with one attached hydrogen (secondary N) is 1. The van der Waals surface area contributed by atoms with Gasteiger partial charge in [0.15, 0.2) is 5.82 Å². The first-order chi connectivity index (χ1) is 12.7. The van der Waals surface area contributed by atoms with E-state index in [-0.39, 0.29) is 5.82 Å². The lowest BCUT2D eigenvalue weighted by molar-refractivity contribution is 0.122. The fourth-order valence-electron chi connectivity index (χ4n) is 3.16. The standard InChI is InChI=1S/C19H22FN5O/c1-3-14-15(12-21)19(24-23-17(14)4-2)22-13-5-6-18(16(20)11-13)25-7-9-26-10-8-25/h5-6,11H,3-4,7-10H2,1-2H3,(H,22,24). The van der Waals surface area contributed by atoms with E-state index in [1.807, 2.05) is 18.7 Å². The van der Waals surface area contributed by atoms with Gasteiger partial charge in [0, 0.05) is 18.8 Å². The number of ether oxygens (including phenoxy) is 1. The van der Waals surface area contributed by atoms with Gasteiger partial charge >= 0.3 is 0 Å². The molecule has 0 saturated carbocycles. The SMILES string of the molecule is CCc1nnc(Nc2ccc(N3CCOCC3)c(F)c2)c(C#N)c1CC. The first kappa shape index (κ1) is 18.1. The quantitative estimate of drug-likeness (QED) is 0.888. The van der Waals surface area contributed by atoms with E-state index in [0.29, 0.717) is 61.9 Å². The van der Waals surface area contributed by atoms with E-state index in [4.69, 9.17) is 4.74 Å². The zero-order chi connectivity index (χ0) is 18.5. The zero-order valence-corrected chi connectivity index (χ0v) is 15.0. The average Bonchev–Trinajstić information content (AvgIpc) is 2.68. The maximum absolute atomic E-state index is 14.6. The second-order valence-corrected chi connectivity index (χ2v) is 6.06. The Kier molecular flexibility index (Phi) is 5.64. The van der Waals surface area contributed by atoms with Crippen molar-refractivity contribution in [3.8, 4) is 6.07 Å². The summed E-state index contributed by atoms with van der Waals surface area (Å²) in [5.74, 6) is 0.0457. The highest BCUT2D eigenvalue weighted by Crippen LogP contribution is 2.27. The topological polar surface area (TPSA) is 74.1 Å². The summed E-state index contributed by atoms with van der Waals surface area (Å²) < 4.78 is 19.9. The molecule has 0 unspecified atom stereocenters. The number of nitrogens with zero attached hydrogens (tertiary/aromatic N) is 4. The van der Waals surface area contributed by atoms with Gasteiger partial charge in [0.2, 0.25) is 0 Å². The van der Waals surface area contributed by atoms with Crippen molar-refractivity contribution >= 4 is 17.2 Å². The van der Waals surface area contributed by atoms with Crippen LogP contribution in [0.4, 0.5) is 21.6 Å². The van der Waals surface area contributed by atoms with Crippen molar-refractivity contribution < 1.29 is 9.13 Å². The molecule has 1 fully saturated rings. The molecule has 0 amide bonds. The summed E-state index contributed by atoms with van der Waals surface area (Å²) in [5.41, 5.74) is 3.27. The highest BCUT2D eigenvalue weighted by Gasteiger charge is 2.17. The molecule has 136 valence electrons. The molecule has 1 saturated heterocycles. The fourth-order valence-corrected chi connectivity index (χ4v) is 3.16.